The van der Waals surface area contributed by atoms with Gasteiger partial charge in [-0.3, -0.25) is 0 Å². The molecule has 0 saturated heterocycles. The quantitative estimate of drug-likeness (QED) is 0.270. The lowest BCUT2D eigenvalue weighted by Gasteiger charge is -2.28. The number of hydrazone groups is 1. The summed E-state index contributed by atoms with van der Waals surface area (Å²) in [5.41, 5.74) is 3.42. The van der Waals surface area contributed by atoms with Crippen LogP contribution in [0.2, 0.25) is 0 Å². The smallest absolute Gasteiger partial charge is 0.168 e. The topological polar surface area (TPSA) is 71.9 Å². The summed E-state index contributed by atoms with van der Waals surface area (Å²) in [6, 6.07) is 5.89. The molecule has 5 rings (SSSR count). The summed E-state index contributed by atoms with van der Waals surface area (Å²) in [6.07, 6.45) is 11.7. The summed E-state index contributed by atoms with van der Waals surface area (Å²) >= 11 is 0. The number of anilines is 2. The molecule has 2 unspecified atom stereocenters. The van der Waals surface area contributed by atoms with E-state index >= 15 is 8.78 Å². The molecule has 2 aromatic carbocycles. The van der Waals surface area contributed by atoms with Crippen LogP contribution in [0.3, 0.4) is 0 Å². The molecule has 0 radical (unpaired) electrons. The molecule has 0 aliphatic carbocycles. The highest BCUT2D eigenvalue weighted by atomic mass is 19.1. The number of hydrogen-bond donors (Lipinski definition) is 1. The van der Waals surface area contributed by atoms with Gasteiger partial charge >= 0.3 is 0 Å². The Balaban J connectivity index is 1.40. The van der Waals surface area contributed by atoms with Gasteiger partial charge in [-0.15, -0.1) is 0 Å². The molecule has 2 aliphatic rings. The molecule has 1 N–H and O–H groups in total. The number of fused-ring (bicyclic) bond motifs is 2. The zero-order valence-corrected chi connectivity index (χ0v) is 24.0. The van der Waals surface area contributed by atoms with E-state index in [0.29, 0.717) is 40.8 Å². The van der Waals surface area contributed by atoms with E-state index in [1.54, 1.807) is 23.4 Å². The number of halogens is 2. The normalized spacial score (nSPS) is 17.0. The van der Waals surface area contributed by atoms with E-state index in [-0.39, 0.29) is 17.4 Å². The first-order valence-corrected chi connectivity index (χ1v) is 14.0. The highest BCUT2D eigenvalue weighted by Crippen LogP contribution is 2.37. The minimum absolute atomic E-state index is 0.0769. The fourth-order valence-corrected chi connectivity index (χ4v) is 4.77. The Bertz CT molecular complexity index is 1580. The van der Waals surface area contributed by atoms with Crippen LogP contribution in [0.5, 0.6) is 11.5 Å². The number of allylic oxidation sites excluding steroid dienone is 3. The first-order chi connectivity index (χ1) is 19.7. The minimum atomic E-state index is -0.720. The second kappa shape index (κ2) is 12.1. The number of rotatable bonds is 10. The van der Waals surface area contributed by atoms with E-state index in [9.17, 15) is 0 Å². The zero-order chi connectivity index (χ0) is 29.1. The van der Waals surface area contributed by atoms with Gasteiger partial charge < -0.3 is 14.8 Å². The molecule has 0 saturated carbocycles. The van der Waals surface area contributed by atoms with Gasteiger partial charge in [0.15, 0.2) is 17.4 Å². The van der Waals surface area contributed by atoms with E-state index < -0.39 is 11.6 Å². The van der Waals surface area contributed by atoms with Gasteiger partial charge in [0, 0.05) is 36.5 Å². The Morgan fingerprint density at radius 3 is 2.76 bits per heavy atom. The Labute approximate surface area is 239 Å². The third-order valence-corrected chi connectivity index (χ3v) is 7.43. The third-order valence-electron chi connectivity index (χ3n) is 7.43. The van der Waals surface area contributed by atoms with Crippen molar-refractivity contribution in [2.24, 2.45) is 16.9 Å². The Kier molecular flexibility index (Phi) is 8.33. The van der Waals surface area contributed by atoms with Crippen molar-refractivity contribution in [3.8, 4) is 11.5 Å². The second-order valence-electron chi connectivity index (χ2n) is 10.7. The van der Waals surface area contributed by atoms with Crippen LogP contribution in [-0.2, 0) is 0 Å². The molecule has 41 heavy (non-hydrogen) atoms. The van der Waals surface area contributed by atoms with Crippen LogP contribution >= 0.6 is 0 Å². The van der Waals surface area contributed by atoms with Gasteiger partial charge in [0.2, 0.25) is 0 Å². The van der Waals surface area contributed by atoms with Crippen molar-refractivity contribution in [1.82, 2.24) is 15.0 Å². The molecular weight excluding hydrogens is 524 g/mol. The van der Waals surface area contributed by atoms with Crippen molar-refractivity contribution in [2.75, 3.05) is 11.9 Å². The molecular formula is C32H35F2N5O2. The third kappa shape index (κ3) is 6.09. The van der Waals surface area contributed by atoms with Crippen molar-refractivity contribution in [3.63, 3.8) is 0 Å². The molecule has 2 aliphatic heterocycles. The molecule has 9 heteroatoms. The largest absolute Gasteiger partial charge is 0.492 e. The number of aromatic nitrogens is 2. The number of hydrogen-bond acceptors (Lipinski definition) is 7. The van der Waals surface area contributed by atoms with Crippen molar-refractivity contribution in [2.45, 2.75) is 53.9 Å². The fourth-order valence-electron chi connectivity index (χ4n) is 4.77. The maximum Gasteiger partial charge on any atom is 0.168 e. The van der Waals surface area contributed by atoms with Crippen LogP contribution in [0, 0.1) is 30.4 Å². The van der Waals surface area contributed by atoms with E-state index in [0.717, 1.165) is 48.2 Å². The molecule has 0 spiro atoms. The monoisotopic (exact) mass is 559 g/mol. The fraction of sp³-hybridized carbons (Fsp3) is 0.344. The Morgan fingerprint density at radius 1 is 1.12 bits per heavy atom. The molecule has 3 heterocycles. The predicted molar refractivity (Wildman–Crippen MR) is 158 cm³/mol. The van der Waals surface area contributed by atoms with Crippen LogP contribution in [0.15, 0.2) is 71.1 Å². The van der Waals surface area contributed by atoms with Crippen LogP contribution in [-0.4, -0.2) is 27.8 Å². The highest BCUT2D eigenvalue weighted by Gasteiger charge is 2.22. The zero-order valence-electron chi connectivity index (χ0n) is 24.0. The average molecular weight is 560 g/mol. The van der Waals surface area contributed by atoms with Gasteiger partial charge in [0.1, 0.15) is 23.7 Å². The van der Waals surface area contributed by atoms with Gasteiger partial charge in [-0.1, -0.05) is 39.7 Å². The van der Waals surface area contributed by atoms with Crippen molar-refractivity contribution in [3.05, 3.63) is 83.2 Å². The van der Waals surface area contributed by atoms with E-state index in [4.69, 9.17) is 9.47 Å². The van der Waals surface area contributed by atoms with Gasteiger partial charge in [0.25, 0.3) is 0 Å². The van der Waals surface area contributed by atoms with Crippen LogP contribution < -0.4 is 14.8 Å². The SMILES string of the molecule is CCCCC(C)COc1c(C)ccc2ncnc(Nc3cc(F)c(OC4=CC5=C(C)C(C)C=NN5C=C4)cc3F)c12. The number of unbranched alkanes of at least 4 members (excludes halogenated alkanes) is 1. The first-order valence-electron chi connectivity index (χ1n) is 14.0. The first kappa shape index (κ1) is 28.3. The number of aryl methyl sites for hydroxylation is 1. The lowest BCUT2D eigenvalue weighted by atomic mass is 9.99. The molecule has 1 aromatic heterocycles. The predicted octanol–water partition coefficient (Wildman–Crippen LogP) is 8.17. The van der Waals surface area contributed by atoms with Gasteiger partial charge in [-0.2, -0.15) is 5.10 Å². The molecule has 3 aromatic rings. The summed E-state index contributed by atoms with van der Waals surface area (Å²) < 4.78 is 42.6. The minimum Gasteiger partial charge on any atom is -0.492 e. The molecule has 214 valence electrons. The van der Waals surface area contributed by atoms with Crippen LogP contribution in [0.25, 0.3) is 10.9 Å². The standard InChI is InChI=1S/C32H35F2N5O2/c1-6-7-8-19(2)17-40-31-20(3)9-10-26-30(31)32(36-18-35-26)38-27-14-25(34)29(15-24(27)33)41-23-11-12-39-28(13-23)22(5)21(4)16-37-39/h9-16,18-19,21H,6-8,17H2,1-5H3,(H,35,36,38). The number of ether oxygens (including phenoxy) is 2. The van der Waals surface area contributed by atoms with Crippen LogP contribution in [0.4, 0.5) is 20.3 Å². The van der Waals surface area contributed by atoms with Gasteiger partial charge in [0.05, 0.1) is 28.9 Å². The summed E-state index contributed by atoms with van der Waals surface area (Å²) in [5, 5.41) is 9.68. The molecule has 2 atom stereocenters. The Morgan fingerprint density at radius 2 is 1.95 bits per heavy atom. The number of benzene rings is 2. The van der Waals surface area contributed by atoms with Crippen LogP contribution in [0.1, 0.15) is 52.5 Å². The highest BCUT2D eigenvalue weighted by molar-refractivity contribution is 5.96. The summed E-state index contributed by atoms with van der Waals surface area (Å²) in [5.74, 6) is 0.243. The molecule has 0 fully saturated rings. The van der Waals surface area contributed by atoms with E-state index in [1.807, 2.05) is 39.1 Å². The molecule has 7 nitrogen and oxygen atoms in total. The maximum atomic E-state index is 15.3. The molecule has 0 amide bonds. The molecule has 0 bridgehead atoms. The maximum absolute atomic E-state index is 15.3. The number of nitrogens with zero attached hydrogens (tertiary/aromatic N) is 4. The lowest BCUT2D eigenvalue weighted by molar-refractivity contribution is 0.251. The van der Waals surface area contributed by atoms with Gasteiger partial charge in [-0.05, 0) is 49.5 Å². The van der Waals surface area contributed by atoms with Crippen molar-refractivity contribution >= 4 is 28.6 Å². The van der Waals surface area contributed by atoms with E-state index in [2.05, 4.69) is 34.2 Å². The van der Waals surface area contributed by atoms with Gasteiger partial charge in [-0.25, -0.2) is 23.8 Å². The summed E-state index contributed by atoms with van der Waals surface area (Å²) in [4.78, 5) is 8.73. The van der Waals surface area contributed by atoms with Crippen molar-refractivity contribution in [1.29, 1.82) is 0 Å². The second-order valence-corrected chi connectivity index (χ2v) is 10.7. The van der Waals surface area contributed by atoms with E-state index in [1.165, 1.54) is 6.33 Å². The van der Waals surface area contributed by atoms with Crippen molar-refractivity contribution < 1.29 is 18.3 Å². The average Bonchev–Trinajstić information content (AvgIpc) is 2.96. The Hall–Kier alpha value is -4.27. The number of nitrogens with one attached hydrogen (secondary N) is 1. The summed E-state index contributed by atoms with van der Waals surface area (Å²) in [6.45, 7) is 10.9. The summed E-state index contributed by atoms with van der Waals surface area (Å²) in [7, 11) is 0. The lowest BCUT2D eigenvalue weighted by Crippen LogP contribution is -2.22.